The molecule has 112 valence electrons. The van der Waals surface area contributed by atoms with Crippen molar-refractivity contribution in [2.75, 3.05) is 18.8 Å². The number of hydrogen-bond donors (Lipinski definition) is 1. The molecule has 1 unspecified atom stereocenters. The molecule has 21 heavy (non-hydrogen) atoms. The van der Waals surface area contributed by atoms with Gasteiger partial charge in [0.1, 0.15) is 11.9 Å². The van der Waals surface area contributed by atoms with Gasteiger partial charge in [0.25, 0.3) is 0 Å². The first kappa shape index (κ1) is 14.3. The van der Waals surface area contributed by atoms with Gasteiger partial charge in [0.15, 0.2) is 0 Å². The number of anilines is 1. The molecular formula is C14H16BrFN4O. The van der Waals surface area contributed by atoms with Crippen LogP contribution in [0.1, 0.15) is 25.8 Å². The van der Waals surface area contributed by atoms with E-state index in [0.29, 0.717) is 15.5 Å². The zero-order chi connectivity index (χ0) is 15.1. The van der Waals surface area contributed by atoms with Crippen molar-refractivity contribution < 1.29 is 9.18 Å². The van der Waals surface area contributed by atoms with Crippen LogP contribution in [-0.4, -0.2) is 33.4 Å². The van der Waals surface area contributed by atoms with Crippen LogP contribution in [0.5, 0.6) is 0 Å². The monoisotopic (exact) mass is 354 g/mol. The molecule has 1 amide bonds. The predicted molar refractivity (Wildman–Crippen MR) is 82.3 cm³/mol. The van der Waals surface area contributed by atoms with E-state index in [9.17, 15) is 9.18 Å². The molecule has 5 nitrogen and oxygen atoms in total. The van der Waals surface area contributed by atoms with Gasteiger partial charge >= 0.3 is 0 Å². The second-order valence-electron chi connectivity index (χ2n) is 5.30. The van der Waals surface area contributed by atoms with E-state index < -0.39 is 11.9 Å². The number of carbonyl (C=O) groups excluding carboxylic acids is 1. The number of benzene rings is 1. The average Bonchev–Trinajstić information content (AvgIpc) is 3.06. The lowest BCUT2D eigenvalue weighted by Gasteiger charge is -2.22. The van der Waals surface area contributed by atoms with Crippen molar-refractivity contribution in [2.24, 2.45) is 0 Å². The summed E-state index contributed by atoms with van der Waals surface area (Å²) >= 11 is 3.13. The topological polar surface area (TPSA) is 64.2 Å². The van der Waals surface area contributed by atoms with Gasteiger partial charge in [-0.25, -0.2) is 9.37 Å². The molecule has 1 aromatic heterocycles. The van der Waals surface area contributed by atoms with Gasteiger partial charge in [-0.3, -0.25) is 9.36 Å². The number of rotatable bonds is 2. The molecule has 2 heterocycles. The van der Waals surface area contributed by atoms with Crippen molar-refractivity contribution in [1.29, 1.82) is 0 Å². The number of likely N-dealkylation sites (tertiary alicyclic amines) is 1. The zero-order valence-corrected chi connectivity index (χ0v) is 13.2. The van der Waals surface area contributed by atoms with E-state index in [1.807, 2.05) is 4.90 Å². The van der Waals surface area contributed by atoms with E-state index in [2.05, 4.69) is 20.9 Å². The molecule has 2 aromatic rings. The molecule has 0 spiro atoms. The molecule has 0 aliphatic carbocycles. The Morgan fingerprint density at radius 3 is 2.76 bits per heavy atom. The Bertz CT molecular complexity index is 709. The van der Waals surface area contributed by atoms with Crippen LogP contribution in [-0.2, 0) is 4.79 Å². The number of fused-ring (bicyclic) bond motifs is 1. The zero-order valence-electron chi connectivity index (χ0n) is 11.6. The molecule has 1 atom stereocenters. The Morgan fingerprint density at radius 1 is 1.43 bits per heavy atom. The van der Waals surface area contributed by atoms with Crippen LogP contribution in [0, 0.1) is 5.82 Å². The second-order valence-corrected chi connectivity index (χ2v) is 6.16. The van der Waals surface area contributed by atoms with E-state index in [1.165, 1.54) is 6.07 Å². The highest BCUT2D eigenvalue weighted by Gasteiger charge is 2.27. The lowest BCUT2D eigenvalue weighted by Crippen LogP contribution is -2.34. The highest BCUT2D eigenvalue weighted by Crippen LogP contribution is 2.28. The van der Waals surface area contributed by atoms with Crippen LogP contribution >= 0.6 is 15.9 Å². The largest absolute Gasteiger partial charge is 0.369 e. The van der Waals surface area contributed by atoms with Crippen LogP contribution in [0.15, 0.2) is 16.6 Å². The molecular weight excluding hydrogens is 339 g/mol. The lowest BCUT2D eigenvalue weighted by molar-refractivity contribution is -0.133. The highest BCUT2D eigenvalue weighted by molar-refractivity contribution is 9.10. The van der Waals surface area contributed by atoms with Crippen molar-refractivity contribution in [3.63, 3.8) is 0 Å². The van der Waals surface area contributed by atoms with E-state index >= 15 is 0 Å². The fourth-order valence-electron chi connectivity index (χ4n) is 2.83. The van der Waals surface area contributed by atoms with Crippen molar-refractivity contribution in [3.8, 4) is 0 Å². The minimum Gasteiger partial charge on any atom is -0.369 e. The molecule has 1 fully saturated rings. The van der Waals surface area contributed by atoms with Gasteiger partial charge in [0.2, 0.25) is 11.9 Å². The summed E-state index contributed by atoms with van der Waals surface area (Å²) in [4.78, 5) is 18.6. The van der Waals surface area contributed by atoms with Crippen LogP contribution in [0.25, 0.3) is 11.0 Å². The van der Waals surface area contributed by atoms with E-state index in [0.717, 1.165) is 25.9 Å². The van der Waals surface area contributed by atoms with Gasteiger partial charge in [-0.05, 0) is 41.8 Å². The van der Waals surface area contributed by atoms with Crippen LogP contribution < -0.4 is 5.73 Å². The fraction of sp³-hybridized carbons (Fsp3) is 0.429. The molecule has 1 aromatic carbocycles. The third kappa shape index (κ3) is 2.39. The fourth-order valence-corrected chi connectivity index (χ4v) is 3.16. The van der Waals surface area contributed by atoms with Crippen molar-refractivity contribution in [3.05, 3.63) is 22.4 Å². The molecule has 1 aliphatic heterocycles. The van der Waals surface area contributed by atoms with E-state index in [1.54, 1.807) is 17.6 Å². The maximum absolute atomic E-state index is 13.8. The summed E-state index contributed by atoms with van der Waals surface area (Å²) in [5.74, 6) is -0.172. The smallest absolute Gasteiger partial charge is 0.245 e. The number of amides is 1. The Hall–Kier alpha value is -1.63. The number of halogens is 2. The summed E-state index contributed by atoms with van der Waals surface area (Å²) in [6.07, 6.45) is 2.06. The SMILES string of the molecule is CC(C(=O)N1CCCC1)n1c(N)nc2cc(Br)c(F)cc21. The summed E-state index contributed by atoms with van der Waals surface area (Å²) in [5, 5.41) is 0. The number of aromatic nitrogens is 2. The van der Waals surface area contributed by atoms with Gasteiger partial charge in [-0.2, -0.15) is 0 Å². The Morgan fingerprint density at radius 2 is 2.10 bits per heavy atom. The molecule has 0 radical (unpaired) electrons. The van der Waals surface area contributed by atoms with E-state index in [-0.39, 0.29) is 11.9 Å². The summed E-state index contributed by atoms with van der Waals surface area (Å²) in [6.45, 7) is 3.32. The lowest BCUT2D eigenvalue weighted by atomic mass is 10.2. The highest BCUT2D eigenvalue weighted by atomic mass is 79.9. The maximum atomic E-state index is 13.8. The summed E-state index contributed by atoms with van der Waals surface area (Å²) in [7, 11) is 0. The average molecular weight is 355 g/mol. The Labute approximate surface area is 130 Å². The number of nitrogens with two attached hydrogens (primary N) is 1. The number of hydrogen-bond acceptors (Lipinski definition) is 3. The second kappa shape index (κ2) is 5.29. The Balaban J connectivity index is 2.04. The molecule has 0 bridgehead atoms. The number of carbonyl (C=O) groups is 1. The van der Waals surface area contributed by atoms with E-state index in [4.69, 9.17) is 5.73 Å². The van der Waals surface area contributed by atoms with Gasteiger partial charge in [0.05, 0.1) is 15.5 Å². The summed E-state index contributed by atoms with van der Waals surface area (Å²) < 4.78 is 15.7. The predicted octanol–water partition coefficient (Wildman–Crippen LogP) is 2.70. The minimum absolute atomic E-state index is 0.00169. The first-order chi connectivity index (χ1) is 9.99. The standard InChI is InChI=1S/C14H16BrFN4O/c1-8(13(21)19-4-2-3-5-19)20-12-7-10(16)9(15)6-11(12)18-14(20)17/h6-8H,2-5H2,1H3,(H2,17,18). The van der Waals surface area contributed by atoms with Crippen molar-refractivity contribution >= 4 is 38.8 Å². The number of imidazole rings is 1. The van der Waals surface area contributed by atoms with Gasteiger partial charge in [0, 0.05) is 19.2 Å². The quantitative estimate of drug-likeness (QED) is 0.901. The van der Waals surface area contributed by atoms with Crippen LogP contribution in [0.4, 0.5) is 10.3 Å². The van der Waals surface area contributed by atoms with Crippen molar-refractivity contribution in [2.45, 2.75) is 25.8 Å². The molecule has 0 saturated carbocycles. The first-order valence-electron chi connectivity index (χ1n) is 6.90. The van der Waals surface area contributed by atoms with Crippen LogP contribution in [0.3, 0.4) is 0 Å². The summed E-state index contributed by atoms with van der Waals surface area (Å²) in [6, 6.07) is 2.44. The molecule has 7 heteroatoms. The van der Waals surface area contributed by atoms with Gasteiger partial charge in [-0.1, -0.05) is 0 Å². The number of nitrogen functional groups attached to an aromatic ring is 1. The summed E-state index contributed by atoms with van der Waals surface area (Å²) in [5.41, 5.74) is 7.04. The van der Waals surface area contributed by atoms with Gasteiger partial charge in [-0.15, -0.1) is 0 Å². The Kier molecular flexibility index (Phi) is 3.61. The third-order valence-corrected chi connectivity index (χ3v) is 4.53. The number of nitrogens with zero attached hydrogens (tertiary/aromatic N) is 3. The molecule has 2 N–H and O–H groups in total. The minimum atomic E-state index is -0.492. The third-order valence-electron chi connectivity index (χ3n) is 3.92. The molecule has 1 saturated heterocycles. The van der Waals surface area contributed by atoms with Crippen molar-refractivity contribution in [1.82, 2.24) is 14.5 Å². The maximum Gasteiger partial charge on any atom is 0.245 e. The molecule has 1 aliphatic rings. The molecule has 3 rings (SSSR count). The normalized spacial score (nSPS) is 16.6. The van der Waals surface area contributed by atoms with Gasteiger partial charge < -0.3 is 10.6 Å². The first-order valence-corrected chi connectivity index (χ1v) is 7.69. The van der Waals surface area contributed by atoms with Crippen LogP contribution in [0.2, 0.25) is 0 Å².